The van der Waals surface area contributed by atoms with E-state index in [0.717, 1.165) is 17.7 Å². The van der Waals surface area contributed by atoms with Gasteiger partial charge in [0, 0.05) is 24.1 Å². The van der Waals surface area contributed by atoms with Crippen molar-refractivity contribution in [2.24, 2.45) is 5.73 Å². The van der Waals surface area contributed by atoms with Crippen molar-refractivity contribution in [3.8, 4) is 0 Å². The minimum absolute atomic E-state index is 0.0542. The molecule has 6 nitrogen and oxygen atoms in total. The van der Waals surface area contributed by atoms with Gasteiger partial charge in [0.15, 0.2) is 0 Å². The Bertz CT molecular complexity index is 715. The molecule has 1 aliphatic heterocycles. The summed E-state index contributed by atoms with van der Waals surface area (Å²) in [6.45, 7) is 0.556. The number of nitrogens with zero attached hydrogens (tertiary/aromatic N) is 2. The van der Waals surface area contributed by atoms with Crippen LogP contribution in [0.4, 0.5) is 11.4 Å². The standard InChI is InChI=1S/C16H16N4O2/c17-10-15(21)19-12-4-5-14-11(9-12)6-8-20(14)16(22)13-3-1-2-7-18-13/h1-5,7,9H,6,8,10,17H2,(H,19,21). The fourth-order valence-corrected chi connectivity index (χ4v) is 2.53. The number of rotatable bonds is 3. The number of nitrogens with one attached hydrogen (secondary N) is 1. The highest BCUT2D eigenvalue weighted by atomic mass is 16.2. The zero-order valence-corrected chi connectivity index (χ0v) is 12.0. The van der Waals surface area contributed by atoms with E-state index >= 15 is 0 Å². The van der Waals surface area contributed by atoms with Crippen molar-refractivity contribution in [3.63, 3.8) is 0 Å². The van der Waals surface area contributed by atoms with Gasteiger partial charge < -0.3 is 16.0 Å². The summed E-state index contributed by atoms with van der Waals surface area (Å²) in [7, 11) is 0. The van der Waals surface area contributed by atoms with Gasteiger partial charge in [-0.05, 0) is 42.3 Å². The van der Waals surface area contributed by atoms with Crippen molar-refractivity contribution in [3.05, 3.63) is 53.9 Å². The number of hydrogen-bond donors (Lipinski definition) is 2. The molecule has 0 radical (unpaired) electrons. The molecule has 112 valence electrons. The Hall–Kier alpha value is -2.73. The van der Waals surface area contributed by atoms with Crippen molar-refractivity contribution in [1.29, 1.82) is 0 Å². The number of anilines is 2. The van der Waals surface area contributed by atoms with Crippen LogP contribution in [0.3, 0.4) is 0 Å². The van der Waals surface area contributed by atoms with Gasteiger partial charge in [-0.1, -0.05) is 6.07 Å². The average Bonchev–Trinajstić information content (AvgIpc) is 2.98. The predicted molar refractivity (Wildman–Crippen MR) is 83.7 cm³/mol. The maximum absolute atomic E-state index is 12.5. The molecule has 0 saturated carbocycles. The van der Waals surface area contributed by atoms with Crippen molar-refractivity contribution in [1.82, 2.24) is 4.98 Å². The molecule has 1 aromatic heterocycles. The molecule has 1 aliphatic rings. The number of aromatic nitrogens is 1. The van der Waals surface area contributed by atoms with E-state index in [0.29, 0.717) is 17.9 Å². The van der Waals surface area contributed by atoms with Crippen LogP contribution in [-0.4, -0.2) is 29.9 Å². The smallest absolute Gasteiger partial charge is 0.276 e. The fraction of sp³-hybridized carbons (Fsp3) is 0.188. The Morgan fingerprint density at radius 1 is 1.27 bits per heavy atom. The minimum atomic E-state index is -0.237. The quantitative estimate of drug-likeness (QED) is 0.890. The monoisotopic (exact) mass is 296 g/mol. The van der Waals surface area contributed by atoms with E-state index in [-0.39, 0.29) is 18.4 Å². The molecule has 2 aromatic rings. The number of pyridine rings is 1. The van der Waals surface area contributed by atoms with Crippen molar-refractivity contribution >= 4 is 23.2 Å². The lowest BCUT2D eigenvalue weighted by atomic mass is 10.1. The lowest BCUT2D eigenvalue weighted by molar-refractivity contribution is -0.114. The maximum atomic E-state index is 12.5. The second-order valence-electron chi connectivity index (χ2n) is 5.02. The Kier molecular flexibility index (Phi) is 3.84. The number of hydrogen-bond acceptors (Lipinski definition) is 4. The van der Waals surface area contributed by atoms with Gasteiger partial charge in [-0.15, -0.1) is 0 Å². The molecule has 0 saturated heterocycles. The Morgan fingerprint density at radius 2 is 2.14 bits per heavy atom. The molecule has 0 unspecified atom stereocenters. The first-order valence-electron chi connectivity index (χ1n) is 7.05. The number of fused-ring (bicyclic) bond motifs is 1. The van der Waals surface area contributed by atoms with E-state index in [1.54, 1.807) is 35.4 Å². The molecule has 6 heteroatoms. The van der Waals surface area contributed by atoms with Crippen LogP contribution in [0.2, 0.25) is 0 Å². The summed E-state index contributed by atoms with van der Waals surface area (Å²) in [5.74, 6) is -0.350. The van der Waals surface area contributed by atoms with Gasteiger partial charge in [0.05, 0.1) is 6.54 Å². The van der Waals surface area contributed by atoms with Crippen LogP contribution in [0.25, 0.3) is 0 Å². The molecular weight excluding hydrogens is 280 g/mol. The van der Waals surface area contributed by atoms with Crippen LogP contribution in [0, 0.1) is 0 Å². The topological polar surface area (TPSA) is 88.3 Å². The van der Waals surface area contributed by atoms with Crippen LogP contribution in [0.5, 0.6) is 0 Å². The largest absolute Gasteiger partial charge is 0.325 e. The Morgan fingerprint density at radius 3 is 2.86 bits per heavy atom. The molecule has 1 aromatic carbocycles. The van der Waals surface area contributed by atoms with Gasteiger partial charge in [0.2, 0.25) is 5.91 Å². The molecule has 2 heterocycles. The van der Waals surface area contributed by atoms with Crippen LogP contribution in [0.1, 0.15) is 16.1 Å². The van der Waals surface area contributed by atoms with Gasteiger partial charge in [-0.3, -0.25) is 14.6 Å². The summed E-state index contributed by atoms with van der Waals surface area (Å²) in [5, 5.41) is 2.72. The number of benzene rings is 1. The number of nitrogens with two attached hydrogens (primary N) is 1. The van der Waals surface area contributed by atoms with Gasteiger partial charge >= 0.3 is 0 Å². The lowest BCUT2D eigenvalue weighted by Crippen LogP contribution is -2.29. The van der Waals surface area contributed by atoms with E-state index in [1.165, 1.54) is 0 Å². The van der Waals surface area contributed by atoms with Gasteiger partial charge in [0.1, 0.15) is 5.69 Å². The van der Waals surface area contributed by atoms with Crippen LogP contribution < -0.4 is 16.0 Å². The third-order valence-corrected chi connectivity index (χ3v) is 3.57. The van der Waals surface area contributed by atoms with E-state index in [2.05, 4.69) is 10.3 Å². The summed E-state index contributed by atoms with van der Waals surface area (Å²) < 4.78 is 0. The Balaban J connectivity index is 1.83. The first-order valence-corrected chi connectivity index (χ1v) is 7.05. The fourth-order valence-electron chi connectivity index (χ4n) is 2.53. The van der Waals surface area contributed by atoms with Crippen LogP contribution in [0.15, 0.2) is 42.6 Å². The molecule has 0 bridgehead atoms. The van der Waals surface area contributed by atoms with Crippen LogP contribution in [-0.2, 0) is 11.2 Å². The van der Waals surface area contributed by atoms with Gasteiger partial charge in [0.25, 0.3) is 5.91 Å². The summed E-state index contributed by atoms with van der Waals surface area (Å²) in [5.41, 5.74) is 8.30. The number of carbonyl (C=O) groups excluding carboxylic acids is 2. The molecular formula is C16H16N4O2. The summed E-state index contributed by atoms with van der Waals surface area (Å²) in [6, 6.07) is 10.8. The molecule has 3 N–H and O–H groups in total. The van der Waals surface area contributed by atoms with E-state index in [4.69, 9.17) is 5.73 Å². The third kappa shape index (κ3) is 2.68. The molecule has 0 atom stereocenters. The van der Waals surface area contributed by atoms with E-state index < -0.39 is 0 Å². The van der Waals surface area contributed by atoms with E-state index in [1.807, 2.05) is 12.1 Å². The van der Waals surface area contributed by atoms with Gasteiger partial charge in [-0.2, -0.15) is 0 Å². The van der Waals surface area contributed by atoms with Crippen LogP contribution >= 0.6 is 0 Å². The average molecular weight is 296 g/mol. The van der Waals surface area contributed by atoms with Crippen molar-refractivity contribution in [2.45, 2.75) is 6.42 Å². The summed E-state index contributed by atoms with van der Waals surface area (Å²) >= 11 is 0. The molecule has 0 aliphatic carbocycles. The zero-order valence-electron chi connectivity index (χ0n) is 12.0. The predicted octanol–water partition coefficient (Wildman–Crippen LogP) is 1.18. The highest BCUT2D eigenvalue weighted by molar-refractivity contribution is 6.06. The highest BCUT2D eigenvalue weighted by Crippen LogP contribution is 2.31. The minimum Gasteiger partial charge on any atom is -0.325 e. The zero-order chi connectivity index (χ0) is 15.5. The molecule has 2 amide bonds. The molecule has 0 fully saturated rings. The van der Waals surface area contributed by atoms with Crippen molar-refractivity contribution < 1.29 is 9.59 Å². The first kappa shape index (κ1) is 14.2. The molecule has 0 spiro atoms. The number of carbonyl (C=O) groups is 2. The summed E-state index contributed by atoms with van der Waals surface area (Å²) in [6.07, 6.45) is 2.36. The Labute approximate surface area is 127 Å². The first-order chi connectivity index (χ1) is 10.7. The van der Waals surface area contributed by atoms with Gasteiger partial charge in [-0.25, -0.2) is 0 Å². The highest BCUT2D eigenvalue weighted by Gasteiger charge is 2.26. The SMILES string of the molecule is NCC(=O)Nc1ccc2c(c1)CCN2C(=O)c1ccccn1. The molecule has 22 heavy (non-hydrogen) atoms. The second-order valence-corrected chi connectivity index (χ2v) is 5.02. The normalized spacial score (nSPS) is 12.9. The number of amides is 2. The second kappa shape index (κ2) is 5.95. The maximum Gasteiger partial charge on any atom is 0.276 e. The molecule has 3 rings (SSSR count). The lowest BCUT2D eigenvalue weighted by Gasteiger charge is -2.17. The third-order valence-electron chi connectivity index (χ3n) is 3.57. The van der Waals surface area contributed by atoms with E-state index in [9.17, 15) is 9.59 Å². The van der Waals surface area contributed by atoms with Crippen molar-refractivity contribution in [2.75, 3.05) is 23.3 Å². The summed E-state index contributed by atoms with van der Waals surface area (Å²) in [4.78, 5) is 29.6.